The number of hydrogen-bond donors (Lipinski definition) is 0. The van der Waals surface area contributed by atoms with Gasteiger partial charge in [-0.05, 0) is 30.7 Å². The SMILES string of the molecule is C=CCOCC(CC)(COCC=C)COc1ccc(C(=O)OC)cc1. The number of carbonyl (C=O) groups is 1. The molecule has 0 aliphatic carbocycles. The molecule has 0 aliphatic heterocycles. The fourth-order valence-electron chi connectivity index (χ4n) is 2.19. The van der Waals surface area contributed by atoms with Crippen LogP contribution in [-0.4, -0.2) is 46.1 Å². The molecule has 0 saturated carbocycles. The van der Waals surface area contributed by atoms with Gasteiger partial charge >= 0.3 is 5.97 Å². The lowest BCUT2D eigenvalue weighted by Gasteiger charge is -2.32. The molecule has 0 atom stereocenters. The summed E-state index contributed by atoms with van der Waals surface area (Å²) in [4.78, 5) is 11.5. The molecule has 0 fully saturated rings. The summed E-state index contributed by atoms with van der Waals surface area (Å²) in [7, 11) is 1.36. The Kier molecular flexibility index (Phi) is 9.58. The highest BCUT2D eigenvalue weighted by molar-refractivity contribution is 5.89. The predicted octanol–water partition coefficient (Wildman–Crippen LogP) is 3.65. The van der Waals surface area contributed by atoms with Crippen molar-refractivity contribution in [1.82, 2.24) is 0 Å². The molecule has 0 aromatic heterocycles. The number of hydrogen-bond acceptors (Lipinski definition) is 5. The van der Waals surface area contributed by atoms with Crippen LogP contribution < -0.4 is 4.74 Å². The molecule has 0 aliphatic rings. The van der Waals surface area contributed by atoms with Crippen LogP contribution in [0.3, 0.4) is 0 Å². The molecule has 0 N–H and O–H groups in total. The number of rotatable bonds is 13. The summed E-state index contributed by atoms with van der Waals surface area (Å²) in [5.41, 5.74) is 0.216. The van der Waals surface area contributed by atoms with Crippen molar-refractivity contribution >= 4 is 5.97 Å². The van der Waals surface area contributed by atoms with Gasteiger partial charge in [0.15, 0.2) is 0 Å². The van der Waals surface area contributed by atoms with Gasteiger partial charge in [-0.3, -0.25) is 0 Å². The Morgan fingerprint density at radius 2 is 1.60 bits per heavy atom. The van der Waals surface area contributed by atoms with Crippen molar-refractivity contribution in [2.24, 2.45) is 5.41 Å². The van der Waals surface area contributed by atoms with Crippen LogP contribution in [0.2, 0.25) is 0 Å². The number of benzene rings is 1. The van der Waals surface area contributed by atoms with Gasteiger partial charge in [0.1, 0.15) is 5.75 Å². The molecule has 25 heavy (non-hydrogen) atoms. The first kappa shape index (κ1) is 20.9. The summed E-state index contributed by atoms with van der Waals surface area (Å²) in [5, 5.41) is 0. The van der Waals surface area contributed by atoms with Crippen molar-refractivity contribution in [3.05, 3.63) is 55.1 Å². The average Bonchev–Trinajstić information content (AvgIpc) is 2.66. The van der Waals surface area contributed by atoms with Crippen LogP contribution in [0.4, 0.5) is 0 Å². The van der Waals surface area contributed by atoms with E-state index in [1.54, 1.807) is 36.4 Å². The van der Waals surface area contributed by atoms with E-state index in [4.69, 9.17) is 14.2 Å². The number of ether oxygens (including phenoxy) is 4. The van der Waals surface area contributed by atoms with Crippen molar-refractivity contribution in [3.8, 4) is 5.75 Å². The van der Waals surface area contributed by atoms with Crippen molar-refractivity contribution < 1.29 is 23.7 Å². The molecule has 0 amide bonds. The van der Waals surface area contributed by atoms with Gasteiger partial charge < -0.3 is 18.9 Å². The molecule has 0 heterocycles. The molecule has 1 rings (SSSR count). The average molecular weight is 348 g/mol. The smallest absolute Gasteiger partial charge is 0.337 e. The van der Waals surface area contributed by atoms with Gasteiger partial charge in [0, 0.05) is 0 Å². The summed E-state index contributed by atoms with van der Waals surface area (Å²) >= 11 is 0. The van der Waals surface area contributed by atoms with Crippen LogP contribution in [0.15, 0.2) is 49.6 Å². The normalized spacial score (nSPS) is 11.0. The minimum Gasteiger partial charge on any atom is -0.493 e. The molecule has 5 nitrogen and oxygen atoms in total. The zero-order valence-corrected chi connectivity index (χ0v) is 15.2. The van der Waals surface area contributed by atoms with Gasteiger partial charge in [-0.2, -0.15) is 0 Å². The second kappa shape index (κ2) is 11.4. The van der Waals surface area contributed by atoms with Crippen LogP contribution >= 0.6 is 0 Å². The minimum atomic E-state index is -0.370. The molecule has 0 saturated heterocycles. The maximum Gasteiger partial charge on any atom is 0.337 e. The van der Waals surface area contributed by atoms with Crippen LogP contribution in [-0.2, 0) is 14.2 Å². The Balaban J connectivity index is 2.72. The lowest BCUT2D eigenvalue weighted by molar-refractivity contribution is -0.0366. The Labute approximate surface area is 150 Å². The molecular weight excluding hydrogens is 320 g/mol. The van der Waals surface area contributed by atoms with Crippen molar-refractivity contribution in [3.63, 3.8) is 0 Å². The molecule has 138 valence electrons. The van der Waals surface area contributed by atoms with E-state index < -0.39 is 0 Å². The molecule has 0 radical (unpaired) electrons. The van der Waals surface area contributed by atoms with E-state index in [0.717, 1.165) is 6.42 Å². The van der Waals surface area contributed by atoms with Crippen molar-refractivity contribution in [2.75, 3.05) is 40.1 Å². The largest absolute Gasteiger partial charge is 0.493 e. The third-order valence-electron chi connectivity index (χ3n) is 3.86. The maximum absolute atomic E-state index is 11.5. The maximum atomic E-state index is 11.5. The lowest BCUT2D eigenvalue weighted by atomic mass is 9.88. The van der Waals surface area contributed by atoms with Crippen molar-refractivity contribution in [2.45, 2.75) is 13.3 Å². The van der Waals surface area contributed by atoms with E-state index in [2.05, 4.69) is 24.8 Å². The Hall–Kier alpha value is -2.11. The van der Waals surface area contributed by atoms with Crippen LogP contribution in [0, 0.1) is 5.41 Å². The number of carbonyl (C=O) groups excluding carboxylic acids is 1. The topological polar surface area (TPSA) is 54.0 Å². The van der Waals surface area contributed by atoms with E-state index in [0.29, 0.717) is 44.3 Å². The monoisotopic (exact) mass is 348 g/mol. The van der Waals surface area contributed by atoms with Gasteiger partial charge in [-0.1, -0.05) is 19.1 Å². The van der Waals surface area contributed by atoms with E-state index in [1.165, 1.54) is 7.11 Å². The van der Waals surface area contributed by atoms with Crippen LogP contribution in [0.5, 0.6) is 5.75 Å². The fraction of sp³-hybridized carbons (Fsp3) is 0.450. The summed E-state index contributed by atoms with van der Waals surface area (Å²) < 4.78 is 21.9. The zero-order chi connectivity index (χ0) is 18.5. The van der Waals surface area contributed by atoms with E-state index >= 15 is 0 Å². The van der Waals surface area contributed by atoms with Gasteiger partial charge in [-0.15, -0.1) is 13.2 Å². The third-order valence-corrected chi connectivity index (χ3v) is 3.86. The Morgan fingerprint density at radius 3 is 2.04 bits per heavy atom. The van der Waals surface area contributed by atoms with Crippen molar-refractivity contribution in [1.29, 1.82) is 0 Å². The Bertz CT molecular complexity index is 522. The van der Waals surface area contributed by atoms with Gasteiger partial charge in [-0.25, -0.2) is 4.79 Å². The molecule has 0 spiro atoms. The lowest BCUT2D eigenvalue weighted by Crippen LogP contribution is -2.38. The van der Waals surface area contributed by atoms with Gasteiger partial charge in [0.2, 0.25) is 0 Å². The van der Waals surface area contributed by atoms with Crippen LogP contribution in [0.1, 0.15) is 23.7 Å². The van der Waals surface area contributed by atoms with E-state index in [-0.39, 0.29) is 11.4 Å². The fourth-order valence-corrected chi connectivity index (χ4v) is 2.19. The standard InChI is InChI=1S/C20H28O5/c1-5-12-23-14-20(7-3,15-24-13-6-2)16-25-18-10-8-17(9-11-18)19(21)22-4/h5-6,8-11H,1-2,7,12-16H2,3-4H3. The van der Waals surface area contributed by atoms with E-state index in [9.17, 15) is 4.79 Å². The minimum absolute atomic E-state index is 0.271. The summed E-state index contributed by atoms with van der Waals surface area (Å²) in [6.45, 7) is 11.8. The Morgan fingerprint density at radius 1 is 1.04 bits per heavy atom. The van der Waals surface area contributed by atoms with E-state index in [1.807, 2.05) is 0 Å². The second-order valence-electron chi connectivity index (χ2n) is 5.77. The molecular formula is C20H28O5. The third kappa shape index (κ3) is 7.11. The highest BCUT2D eigenvalue weighted by Gasteiger charge is 2.30. The molecule has 0 unspecified atom stereocenters. The summed E-state index contributed by atoms with van der Waals surface area (Å²) in [5.74, 6) is 0.308. The molecule has 1 aromatic rings. The molecule has 5 heteroatoms. The second-order valence-corrected chi connectivity index (χ2v) is 5.77. The number of methoxy groups -OCH3 is 1. The highest BCUT2D eigenvalue weighted by atomic mass is 16.5. The molecule has 1 aromatic carbocycles. The quantitative estimate of drug-likeness (QED) is 0.309. The summed E-state index contributed by atoms with van der Waals surface area (Å²) in [6, 6.07) is 6.86. The highest BCUT2D eigenvalue weighted by Crippen LogP contribution is 2.25. The number of esters is 1. The predicted molar refractivity (Wildman–Crippen MR) is 98.0 cm³/mol. The first-order chi connectivity index (χ1) is 12.1. The summed E-state index contributed by atoms with van der Waals surface area (Å²) in [6.07, 6.45) is 4.27. The van der Waals surface area contributed by atoms with Gasteiger partial charge in [0.25, 0.3) is 0 Å². The first-order valence-corrected chi connectivity index (χ1v) is 8.29. The first-order valence-electron chi connectivity index (χ1n) is 8.29. The van der Waals surface area contributed by atoms with Gasteiger partial charge in [0.05, 0.1) is 51.1 Å². The van der Waals surface area contributed by atoms with Crippen LogP contribution in [0.25, 0.3) is 0 Å². The zero-order valence-electron chi connectivity index (χ0n) is 15.2. The molecule has 0 bridgehead atoms.